The maximum atomic E-state index is 4.43. The molecule has 0 N–H and O–H groups in total. The molecule has 0 saturated carbocycles. The highest BCUT2D eigenvalue weighted by molar-refractivity contribution is 5.56. The lowest BCUT2D eigenvalue weighted by molar-refractivity contribution is 0.158. The standard InChI is InChI=1S/C21H34N6/c1-7-18(20-22-23-24-27(20)21(5,6)8-2)25-12-14-26(15-13-25)19-11-9-10-16(3)17(19)4/h9-11,18H,7-8,12-15H2,1-6H3. The van der Waals surface area contributed by atoms with Crippen LogP contribution in [0, 0.1) is 13.8 Å². The second-order valence-corrected chi connectivity index (χ2v) is 8.28. The number of aryl methyl sites for hydroxylation is 1. The number of nitrogens with zero attached hydrogens (tertiary/aromatic N) is 6. The summed E-state index contributed by atoms with van der Waals surface area (Å²) in [4.78, 5) is 5.07. The predicted molar refractivity (Wildman–Crippen MR) is 110 cm³/mol. The number of rotatable bonds is 6. The molecular weight excluding hydrogens is 336 g/mol. The molecule has 1 saturated heterocycles. The van der Waals surface area contributed by atoms with Crippen LogP contribution in [-0.4, -0.2) is 51.3 Å². The van der Waals surface area contributed by atoms with E-state index in [1.165, 1.54) is 16.8 Å². The van der Waals surface area contributed by atoms with Crippen molar-refractivity contribution < 1.29 is 0 Å². The summed E-state index contributed by atoms with van der Waals surface area (Å²) in [7, 11) is 0. The van der Waals surface area contributed by atoms with E-state index < -0.39 is 0 Å². The summed E-state index contributed by atoms with van der Waals surface area (Å²) >= 11 is 0. The van der Waals surface area contributed by atoms with Gasteiger partial charge in [0.1, 0.15) is 0 Å². The maximum absolute atomic E-state index is 4.43. The molecule has 2 heterocycles. The molecule has 148 valence electrons. The molecule has 1 unspecified atom stereocenters. The van der Waals surface area contributed by atoms with Crippen molar-refractivity contribution in [2.45, 2.75) is 66.0 Å². The number of aromatic nitrogens is 4. The Balaban J connectivity index is 1.75. The first-order chi connectivity index (χ1) is 12.9. The molecular formula is C21H34N6. The van der Waals surface area contributed by atoms with E-state index in [2.05, 4.69) is 85.1 Å². The van der Waals surface area contributed by atoms with Crippen LogP contribution in [0.3, 0.4) is 0 Å². The first-order valence-corrected chi connectivity index (χ1v) is 10.2. The number of piperazine rings is 1. The van der Waals surface area contributed by atoms with Crippen molar-refractivity contribution in [1.82, 2.24) is 25.1 Å². The van der Waals surface area contributed by atoms with Crippen molar-refractivity contribution in [1.29, 1.82) is 0 Å². The van der Waals surface area contributed by atoms with Gasteiger partial charge in [-0.3, -0.25) is 4.90 Å². The fourth-order valence-electron chi connectivity index (χ4n) is 3.94. The van der Waals surface area contributed by atoms with Crippen molar-refractivity contribution >= 4 is 5.69 Å². The second-order valence-electron chi connectivity index (χ2n) is 8.28. The van der Waals surface area contributed by atoms with Gasteiger partial charge in [-0.15, -0.1) is 5.10 Å². The number of tetrazole rings is 1. The lowest BCUT2D eigenvalue weighted by atomic mass is 10.0. The minimum Gasteiger partial charge on any atom is -0.369 e. The molecule has 1 fully saturated rings. The Bertz CT molecular complexity index is 758. The summed E-state index contributed by atoms with van der Waals surface area (Å²) in [5.74, 6) is 1.00. The summed E-state index contributed by atoms with van der Waals surface area (Å²) in [6, 6.07) is 6.88. The molecule has 0 aliphatic carbocycles. The molecule has 27 heavy (non-hydrogen) atoms. The van der Waals surface area contributed by atoms with Crippen LogP contribution in [0.25, 0.3) is 0 Å². The van der Waals surface area contributed by atoms with E-state index in [1.807, 2.05) is 4.68 Å². The number of benzene rings is 1. The summed E-state index contributed by atoms with van der Waals surface area (Å²) in [6.45, 7) is 17.4. The molecule has 3 rings (SSSR count). The summed E-state index contributed by atoms with van der Waals surface area (Å²) in [6.07, 6.45) is 2.02. The molecule has 0 radical (unpaired) electrons. The molecule has 0 amide bonds. The monoisotopic (exact) mass is 370 g/mol. The Morgan fingerprint density at radius 3 is 2.41 bits per heavy atom. The Hall–Kier alpha value is -1.95. The van der Waals surface area contributed by atoms with Gasteiger partial charge in [0, 0.05) is 31.9 Å². The molecule has 1 aromatic heterocycles. The summed E-state index contributed by atoms with van der Waals surface area (Å²) in [5, 5.41) is 12.8. The van der Waals surface area contributed by atoms with Crippen LogP contribution in [-0.2, 0) is 5.54 Å². The van der Waals surface area contributed by atoms with Crippen LogP contribution in [0.5, 0.6) is 0 Å². The third-order valence-corrected chi connectivity index (χ3v) is 6.29. The number of anilines is 1. The molecule has 1 aliphatic heterocycles. The van der Waals surface area contributed by atoms with Crippen molar-refractivity contribution in [2.75, 3.05) is 31.1 Å². The molecule has 0 spiro atoms. The zero-order valence-corrected chi connectivity index (χ0v) is 17.7. The lowest BCUT2D eigenvalue weighted by Crippen LogP contribution is -2.48. The zero-order valence-electron chi connectivity index (χ0n) is 17.7. The van der Waals surface area contributed by atoms with E-state index in [1.54, 1.807) is 0 Å². The Labute approximate surface area is 163 Å². The van der Waals surface area contributed by atoms with Gasteiger partial charge in [-0.2, -0.15) is 0 Å². The molecule has 0 bridgehead atoms. The normalized spacial score (nSPS) is 17.3. The van der Waals surface area contributed by atoms with Crippen LogP contribution in [0.4, 0.5) is 5.69 Å². The molecule has 1 aromatic carbocycles. The van der Waals surface area contributed by atoms with Gasteiger partial charge in [0.05, 0.1) is 11.6 Å². The van der Waals surface area contributed by atoms with Gasteiger partial charge in [0.25, 0.3) is 0 Å². The fourth-order valence-corrected chi connectivity index (χ4v) is 3.94. The van der Waals surface area contributed by atoms with Crippen LogP contribution >= 0.6 is 0 Å². The van der Waals surface area contributed by atoms with Gasteiger partial charge >= 0.3 is 0 Å². The van der Waals surface area contributed by atoms with Crippen LogP contribution < -0.4 is 4.90 Å². The molecule has 6 heteroatoms. The smallest absolute Gasteiger partial charge is 0.168 e. The van der Waals surface area contributed by atoms with Gasteiger partial charge in [-0.05, 0) is 68.2 Å². The van der Waals surface area contributed by atoms with Gasteiger partial charge in [-0.25, -0.2) is 4.68 Å². The largest absolute Gasteiger partial charge is 0.369 e. The van der Waals surface area contributed by atoms with Crippen LogP contribution in [0.15, 0.2) is 18.2 Å². The number of hydrogen-bond acceptors (Lipinski definition) is 5. The Kier molecular flexibility index (Phi) is 5.84. The highest BCUT2D eigenvalue weighted by atomic mass is 15.6. The van der Waals surface area contributed by atoms with Gasteiger partial charge < -0.3 is 4.90 Å². The predicted octanol–water partition coefficient (Wildman–Crippen LogP) is 3.71. The van der Waals surface area contributed by atoms with Crippen LogP contribution in [0.2, 0.25) is 0 Å². The first kappa shape index (κ1) is 19.8. The van der Waals surface area contributed by atoms with Crippen LogP contribution in [0.1, 0.15) is 63.5 Å². The Morgan fingerprint density at radius 2 is 1.78 bits per heavy atom. The van der Waals surface area contributed by atoms with E-state index in [0.717, 1.165) is 44.8 Å². The minimum atomic E-state index is -0.0627. The average molecular weight is 371 g/mol. The van der Waals surface area contributed by atoms with E-state index in [9.17, 15) is 0 Å². The van der Waals surface area contributed by atoms with Crippen molar-refractivity contribution in [2.24, 2.45) is 0 Å². The van der Waals surface area contributed by atoms with Gasteiger partial charge in [0.2, 0.25) is 0 Å². The van der Waals surface area contributed by atoms with Crippen molar-refractivity contribution in [3.05, 3.63) is 35.2 Å². The molecule has 6 nitrogen and oxygen atoms in total. The summed E-state index contributed by atoms with van der Waals surface area (Å²) < 4.78 is 2.04. The lowest BCUT2D eigenvalue weighted by Gasteiger charge is -2.40. The number of hydrogen-bond donors (Lipinski definition) is 0. The van der Waals surface area contributed by atoms with E-state index in [-0.39, 0.29) is 11.6 Å². The SMILES string of the molecule is CCC(c1nnnn1C(C)(C)CC)N1CCN(c2cccc(C)c2C)CC1. The second kappa shape index (κ2) is 7.97. The van der Waals surface area contributed by atoms with E-state index in [0.29, 0.717) is 0 Å². The third kappa shape index (κ3) is 3.86. The van der Waals surface area contributed by atoms with Gasteiger partial charge in [0.15, 0.2) is 5.82 Å². The highest BCUT2D eigenvalue weighted by Crippen LogP contribution is 2.30. The maximum Gasteiger partial charge on any atom is 0.168 e. The summed E-state index contributed by atoms with van der Waals surface area (Å²) in [5.41, 5.74) is 4.07. The van der Waals surface area contributed by atoms with Gasteiger partial charge in [-0.1, -0.05) is 26.0 Å². The topological polar surface area (TPSA) is 50.1 Å². The van der Waals surface area contributed by atoms with E-state index >= 15 is 0 Å². The fraction of sp³-hybridized carbons (Fsp3) is 0.667. The van der Waals surface area contributed by atoms with Crippen molar-refractivity contribution in [3.63, 3.8) is 0 Å². The zero-order chi connectivity index (χ0) is 19.6. The van der Waals surface area contributed by atoms with Crippen molar-refractivity contribution in [3.8, 4) is 0 Å². The quantitative estimate of drug-likeness (QED) is 0.776. The molecule has 2 aromatic rings. The Morgan fingerprint density at radius 1 is 1.07 bits per heavy atom. The third-order valence-electron chi connectivity index (χ3n) is 6.29. The highest BCUT2D eigenvalue weighted by Gasteiger charge is 2.32. The first-order valence-electron chi connectivity index (χ1n) is 10.2. The molecule has 1 atom stereocenters. The minimum absolute atomic E-state index is 0.0627. The average Bonchev–Trinajstić information content (AvgIpc) is 3.16. The molecule has 1 aliphatic rings. The van der Waals surface area contributed by atoms with E-state index in [4.69, 9.17) is 0 Å².